The fraction of sp³-hybridized carbons (Fsp3) is 0.464. The molecule has 3 aliphatic rings. The molecule has 1 saturated heterocycles. The predicted octanol–water partition coefficient (Wildman–Crippen LogP) is 4.07. The Kier molecular flexibility index (Phi) is 6.77. The number of hydrogen-bond donors (Lipinski definition) is 2. The van der Waals surface area contributed by atoms with E-state index in [0.29, 0.717) is 43.2 Å². The van der Waals surface area contributed by atoms with Crippen molar-refractivity contribution < 1.29 is 18.9 Å². The number of rotatable bonds is 8. The van der Waals surface area contributed by atoms with Crippen LogP contribution in [0, 0.1) is 0 Å². The van der Waals surface area contributed by atoms with Crippen LogP contribution >= 0.6 is 0 Å². The molecule has 1 aliphatic heterocycles. The van der Waals surface area contributed by atoms with Crippen LogP contribution in [0.15, 0.2) is 42.7 Å². The summed E-state index contributed by atoms with van der Waals surface area (Å²) in [7, 11) is 5.86. The Bertz CT molecular complexity index is 1290. The van der Waals surface area contributed by atoms with E-state index in [9.17, 15) is 0 Å². The van der Waals surface area contributed by atoms with Crippen LogP contribution in [-0.2, 0) is 22.3 Å². The van der Waals surface area contributed by atoms with Gasteiger partial charge in [0.2, 0.25) is 5.95 Å². The molecule has 1 saturated carbocycles. The standard InChI is InChI=1S/C28H34N6O4/c1-34(2)21-14-22(15-21)38-24-5-4-19(13-25(24)35-3)32-27-29-9-7-26(33-27)31-20-12-18-16-28(36-10-11-37-28)8-6-23(18)30-17-20/h4-5,7,9,12-13,17,21-22H,6,8,10-11,14-16H2,1-3H3,(H2,29,31,32,33). The molecule has 38 heavy (non-hydrogen) atoms. The largest absolute Gasteiger partial charge is 0.493 e. The van der Waals surface area contributed by atoms with E-state index in [1.54, 1.807) is 13.3 Å². The van der Waals surface area contributed by atoms with Gasteiger partial charge in [0.25, 0.3) is 0 Å². The van der Waals surface area contributed by atoms with Crippen LogP contribution in [-0.4, -0.2) is 72.2 Å². The fourth-order valence-corrected chi connectivity index (χ4v) is 5.26. The molecular formula is C28H34N6O4. The lowest BCUT2D eigenvalue weighted by Crippen LogP contribution is -2.46. The van der Waals surface area contributed by atoms with E-state index < -0.39 is 5.79 Å². The molecular weight excluding hydrogens is 484 g/mol. The molecule has 10 nitrogen and oxygen atoms in total. The highest BCUT2D eigenvalue weighted by Gasteiger charge is 2.40. The van der Waals surface area contributed by atoms with Gasteiger partial charge in [-0.05, 0) is 63.2 Å². The van der Waals surface area contributed by atoms with E-state index in [1.807, 2.05) is 30.5 Å². The third-order valence-corrected chi connectivity index (χ3v) is 7.52. The first-order chi connectivity index (χ1) is 18.5. The van der Waals surface area contributed by atoms with Gasteiger partial charge in [-0.2, -0.15) is 4.98 Å². The lowest BCUT2D eigenvalue weighted by Gasteiger charge is -2.39. The summed E-state index contributed by atoms with van der Waals surface area (Å²) in [6.07, 6.45) is 8.21. The van der Waals surface area contributed by atoms with Crippen molar-refractivity contribution >= 4 is 23.1 Å². The molecule has 0 atom stereocenters. The average molecular weight is 519 g/mol. The second-order valence-electron chi connectivity index (χ2n) is 10.3. The number of methoxy groups -OCH3 is 1. The van der Waals surface area contributed by atoms with E-state index in [4.69, 9.17) is 18.9 Å². The molecule has 200 valence electrons. The van der Waals surface area contributed by atoms with Gasteiger partial charge < -0.3 is 34.5 Å². The first-order valence-electron chi connectivity index (χ1n) is 13.1. The minimum absolute atomic E-state index is 0.211. The van der Waals surface area contributed by atoms with Crippen LogP contribution in [0.5, 0.6) is 11.5 Å². The number of ether oxygens (including phenoxy) is 4. The molecule has 2 N–H and O–H groups in total. The van der Waals surface area contributed by atoms with Gasteiger partial charge in [0, 0.05) is 42.5 Å². The maximum atomic E-state index is 6.17. The molecule has 2 fully saturated rings. The van der Waals surface area contributed by atoms with Crippen molar-refractivity contribution in [3.05, 3.63) is 54.0 Å². The molecule has 0 bridgehead atoms. The lowest BCUT2D eigenvalue weighted by molar-refractivity contribution is -0.164. The van der Waals surface area contributed by atoms with Gasteiger partial charge in [-0.3, -0.25) is 4.98 Å². The number of anilines is 4. The molecule has 0 amide bonds. The third kappa shape index (κ3) is 5.24. The van der Waals surface area contributed by atoms with Crippen LogP contribution in [0.2, 0.25) is 0 Å². The number of benzene rings is 1. The highest BCUT2D eigenvalue weighted by Crippen LogP contribution is 2.37. The predicted molar refractivity (Wildman–Crippen MR) is 144 cm³/mol. The minimum Gasteiger partial charge on any atom is -0.493 e. The van der Waals surface area contributed by atoms with E-state index >= 15 is 0 Å². The first-order valence-corrected chi connectivity index (χ1v) is 13.1. The van der Waals surface area contributed by atoms with Gasteiger partial charge in [-0.15, -0.1) is 0 Å². The summed E-state index contributed by atoms with van der Waals surface area (Å²) in [5.74, 6) is 2.05. The summed E-state index contributed by atoms with van der Waals surface area (Å²) in [5.41, 5.74) is 3.91. The molecule has 1 spiro atoms. The lowest BCUT2D eigenvalue weighted by atomic mass is 9.88. The molecule has 0 unspecified atom stereocenters. The van der Waals surface area contributed by atoms with Gasteiger partial charge in [-0.1, -0.05) is 0 Å². The van der Waals surface area contributed by atoms with Crippen molar-refractivity contribution in [3.8, 4) is 11.5 Å². The normalized spacial score (nSPS) is 21.6. The highest BCUT2D eigenvalue weighted by molar-refractivity contribution is 5.62. The van der Waals surface area contributed by atoms with E-state index in [0.717, 1.165) is 54.1 Å². The van der Waals surface area contributed by atoms with Crippen molar-refractivity contribution in [2.24, 2.45) is 0 Å². The number of nitrogens with one attached hydrogen (secondary N) is 2. The SMILES string of the molecule is COc1cc(Nc2nccc(Nc3cnc4c(c3)CC3(CC4)OCCO3)n2)ccc1OC1CC(N(C)C)C1. The Morgan fingerprint density at radius 2 is 1.84 bits per heavy atom. The van der Waals surface area contributed by atoms with Crippen molar-refractivity contribution in [2.45, 2.75) is 50.0 Å². The second kappa shape index (κ2) is 10.4. The molecule has 2 aromatic heterocycles. The number of fused-ring (bicyclic) bond motifs is 1. The second-order valence-corrected chi connectivity index (χ2v) is 10.3. The van der Waals surface area contributed by atoms with Crippen LogP contribution in [0.25, 0.3) is 0 Å². The highest BCUT2D eigenvalue weighted by atomic mass is 16.7. The maximum absolute atomic E-state index is 6.17. The van der Waals surface area contributed by atoms with E-state index in [-0.39, 0.29) is 6.10 Å². The maximum Gasteiger partial charge on any atom is 0.229 e. The number of aromatic nitrogens is 3. The first kappa shape index (κ1) is 24.8. The summed E-state index contributed by atoms with van der Waals surface area (Å²) in [4.78, 5) is 15.9. The number of pyridine rings is 1. The number of nitrogens with zero attached hydrogens (tertiary/aromatic N) is 4. The van der Waals surface area contributed by atoms with Crippen molar-refractivity contribution in [2.75, 3.05) is 45.1 Å². The van der Waals surface area contributed by atoms with Crippen molar-refractivity contribution in [3.63, 3.8) is 0 Å². The molecule has 3 aromatic rings. The topological polar surface area (TPSA) is 103 Å². The van der Waals surface area contributed by atoms with Crippen LogP contribution in [0.1, 0.15) is 30.5 Å². The molecule has 2 aliphatic carbocycles. The zero-order chi connectivity index (χ0) is 26.1. The Morgan fingerprint density at radius 1 is 1.00 bits per heavy atom. The number of hydrogen-bond acceptors (Lipinski definition) is 10. The number of aryl methyl sites for hydroxylation is 1. The van der Waals surface area contributed by atoms with Gasteiger partial charge in [0.1, 0.15) is 11.9 Å². The van der Waals surface area contributed by atoms with Crippen molar-refractivity contribution in [1.29, 1.82) is 0 Å². The summed E-state index contributed by atoms with van der Waals surface area (Å²) in [6, 6.07) is 10.3. The van der Waals surface area contributed by atoms with E-state index in [2.05, 4.69) is 50.6 Å². The monoisotopic (exact) mass is 518 g/mol. The fourth-order valence-electron chi connectivity index (χ4n) is 5.26. The summed E-state index contributed by atoms with van der Waals surface area (Å²) in [6.45, 7) is 1.30. The van der Waals surface area contributed by atoms with Gasteiger partial charge in [0.05, 0.1) is 32.2 Å². The zero-order valence-corrected chi connectivity index (χ0v) is 22.1. The zero-order valence-electron chi connectivity index (χ0n) is 22.1. The molecule has 1 aromatic carbocycles. The average Bonchev–Trinajstić information content (AvgIpc) is 3.33. The Morgan fingerprint density at radius 3 is 2.63 bits per heavy atom. The summed E-state index contributed by atoms with van der Waals surface area (Å²) < 4.78 is 23.6. The third-order valence-electron chi connectivity index (χ3n) is 7.52. The summed E-state index contributed by atoms with van der Waals surface area (Å²) >= 11 is 0. The van der Waals surface area contributed by atoms with Gasteiger partial charge >= 0.3 is 0 Å². The molecule has 0 radical (unpaired) electrons. The molecule has 6 rings (SSSR count). The van der Waals surface area contributed by atoms with Gasteiger partial charge in [-0.25, -0.2) is 4.98 Å². The minimum atomic E-state index is -0.493. The quantitative estimate of drug-likeness (QED) is 0.454. The molecule has 3 heterocycles. The van der Waals surface area contributed by atoms with Crippen LogP contribution in [0.4, 0.5) is 23.1 Å². The smallest absolute Gasteiger partial charge is 0.229 e. The van der Waals surface area contributed by atoms with Crippen LogP contribution in [0.3, 0.4) is 0 Å². The van der Waals surface area contributed by atoms with E-state index in [1.165, 1.54) is 0 Å². The molecule has 10 heteroatoms. The van der Waals surface area contributed by atoms with Crippen molar-refractivity contribution in [1.82, 2.24) is 19.9 Å². The Balaban J connectivity index is 1.11. The summed E-state index contributed by atoms with van der Waals surface area (Å²) in [5, 5.41) is 6.62. The Labute approximate surface area is 222 Å². The Hall–Kier alpha value is -3.47. The van der Waals surface area contributed by atoms with Gasteiger partial charge in [0.15, 0.2) is 17.3 Å². The van der Waals surface area contributed by atoms with Crippen LogP contribution < -0.4 is 20.1 Å².